The predicted molar refractivity (Wildman–Crippen MR) is 74.2 cm³/mol. The zero-order chi connectivity index (χ0) is 14.3. The van der Waals surface area contributed by atoms with E-state index in [1.807, 2.05) is 25.1 Å². The van der Waals surface area contributed by atoms with E-state index in [1.54, 1.807) is 7.11 Å². The number of carbonyl (C=O) groups excluding carboxylic acids is 1. The average molecular weight is 266 g/mol. The van der Waals surface area contributed by atoms with Crippen molar-refractivity contribution in [1.29, 1.82) is 0 Å². The SMILES string of the molecule is COc1ccc(C(O)CNCCNC(C)=O)cc1C. The lowest BCUT2D eigenvalue weighted by Gasteiger charge is -2.14. The molecule has 1 amide bonds. The maximum Gasteiger partial charge on any atom is 0.216 e. The summed E-state index contributed by atoms with van der Waals surface area (Å²) in [6.07, 6.45) is -0.568. The van der Waals surface area contributed by atoms with Crippen molar-refractivity contribution in [2.45, 2.75) is 20.0 Å². The third kappa shape index (κ3) is 5.28. The normalized spacial score (nSPS) is 12.0. The molecular weight excluding hydrogens is 244 g/mol. The molecule has 0 bridgehead atoms. The third-order valence-electron chi connectivity index (χ3n) is 2.82. The van der Waals surface area contributed by atoms with Gasteiger partial charge in [-0.1, -0.05) is 6.07 Å². The van der Waals surface area contributed by atoms with Crippen molar-refractivity contribution < 1.29 is 14.6 Å². The van der Waals surface area contributed by atoms with Crippen LogP contribution in [0.1, 0.15) is 24.2 Å². The summed E-state index contributed by atoms with van der Waals surface area (Å²) in [5.41, 5.74) is 1.85. The molecule has 0 fully saturated rings. The van der Waals surface area contributed by atoms with Gasteiger partial charge < -0.3 is 20.5 Å². The van der Waals surface area contributed by atoms with E-state index in [-0.39, 0.29) is 5.91 Å². The smallest absolute Gasteiger partial charge is 0.216 e. The number of carbonyl (C=O) groups is 1. The van der Waals surface area contributed by atoms with Crippen LogP contribution < -0.4 is 15.4 Å². The lowest BCUT2D eigenvalue weighted by molar-refractivity contribution is -0.118. The van der Waals surface area contributed by atoms with Gasteiger partial charge in [0.25, 0.3) is 0 Å². The van der Waals surface area contributed by atoms with Gasteiger partial charge in [-0.05, 0) is 30.2 Å². The second-order valence-electron chi connectivity index (χ2n) is 4.43. The van der Waals surface area contributed by atoms with Gasteiger partial charge in [-0.2, -0.15) is 0 Å². The monoisotopic (exact) mass is 266 g/mol. The molecule has 0 aliphatic carbocycles. The molecule has 1 atom stereocenters. The van der Waals surface area contributed by atoms with E-state index in [2.05, 4.69) is 10.6 Å². The van der Waals surface area contributed by atoms with Crippen molar-refractivity contribution in [2.75, 3.05) is 26.7 Å². The standard InChI is InChI=1S/C14H22N2O3/c1-10-8-12(4-5-14(10)19-3)13(18)9-15-6-7-16-11(2)17/h4-5,8,13,15,18H,6-7,9H2,1-3H3,(H,16,17). The Morgan fingerprint density at radius 2 is 2.16 bits per heavy atom. The molecule has 5 heteroatoms. The Bertz CT molecular complexity index is 421. The summed E-state index contributed by atoms with van der Waals surface area (Å²) in [5, 5.41) is 15.8. The van der Waals surface area contributed by atoms with E-state index in [4.69, 9.17) is 4.74 Å². The molecule has 5 nitrogen and oxygen atoms in total. The number of nitrogens with one attached hydrogen (secondary N) is 2. The Balaban J connectivity index is 2.39. The molecule has 1 unspecified atom stereocenters. The zero-order valence-corrected chi connectivity index (χ0v) is 11.7. The summed E-state index contributed by atoms with van der Waals surface area (Å²) < 4.78 is 5.18. The first kappa shape index (κ1) is 15.5. The fourth-order valence-corrected chi connectivity index (χ4v) is 1.79. The van der Waals surface area contributed by atoms with Gasteiger partial charge in [0.15, 0.2) is 0 Å². The summed E-state index contributed by atoms with van der Waals surface area (Å²) in [5.74, 6) is 0.766. The maximum absolute atomic E-state index is 10.7. The maximum atomic E-state index is 10.7. The molecular formula is C14H22N2O3. The highest BCUT2D eigenvalue weighted by Gasteiger charge is 2.08. The topological polar surface area (TPSA) is 70.6 Å². The minimum Gasteiger partial charge on any atom is -0.496 e. The number of hydrogen-bond donors (Lipinski definition) is 3. The van der Waals surface area contributed by atoms with Gasteiger partial charge in [0.05, 0.1) is 13.2 Å². The molecule has 1 aromatic rings. The quantitative estimate of drug-likeness (QED) is 0.637. The van der Waals surface area contributed by atoms with Crippen molar-refractivity contribution in [3.63, 3.8) is 0 Å². The molecule has 1 aromatic carbocycles. The number of rotatable bonds is 7. The number of amides is 1. The third-order valence-corrected chi connectivity index (χ3v) is 2.82. The van der Waals surface area contributed by atoms with Gasteiger partial charge in [0, 0.05) is 26.6 Å². The van der Waals surface area contributed by atoms with E-state index < -0.39 is 6.10 Å². The largest absolute Gasteiger partial charge is 0.496 e. The van der Waals surface area contributed by atoms with E-state index in [1.165, 1.54) is 6.92 Å². The minimum absolute atomic E-state index is 0.0480. The molecule has 0 saturated carbocycles. The Kier molecular flexibility index (Phi) is 6.32. The van der Waals surface area contributed by atoms with Gasteiger partial charge in [-0.15, -0.1) is 0 Å². The predicted octanol–water partition coefficient (Wildman–Crippen LogP) is 0.763. The fourth-order valence-electron chi connectivity index (χ4n) is 1.79. The first-order valence-corrected chi connectivity index (χ1v) is 6.32. The van der Waals surface area contributed by atoms with Crippen LogP contribution in [-0.4, -0.2) is 37.8 Å². The van der Waals surface area contributed by atoms with E-state index in [9.17, 15) is 9.90 Å². The summed E-state index contributed by atoms with van der Waals surface area (Å²) >= 11 is 0. The molecule has 0 heterocycles. The molecule has 106 valence electrons. The van der Waals surface area contributed by atoms with E-state index >= 15 is 0 Å². The first-order valence-electron chi connectivity index (χ1n) is 6.32. The first-order chi connectivity index (χ1) is 9.04. The Labute approximate surface area is 114 Å². The summed E-state index contributed by atoms with van der Waals surface area (Å²) in [6, 6.07) is 5.62. The highest BCUT2D eigenvalue weighted by atomic mass is 16.5. The number of benzene rings is 1. The molecule has 0 radical (unpaired) electrons. The van der Waals surface area contributed by atoms with Gasteiger partial charge in [-0.3, -0.25) is 4.79 Å². The van der Waals surface area contributed by atoms with Crippen molar-refractivity contribution in [1.82, 2.24) is 10.6 Å². The highest BCUT2D eigenvalue weighted by Crippen LogP contribution is 2.22. The molecule has 1 rings (SSSR count). The van der Waals surface area contributed by atoms with Crippen LogP contribution in [0.3, 0.4) is 0 Å². The summed E-state index contributed by atoms with van der Waals surface area (Å²) in [4.78, 5) is 10.7. The Morgan fingerprint density at radius 1 is 1.42 bits per heavy atom. The van der Waals surface area contributed by atoms with Crippen LogP contribution in [0.4, 0.5) is 0 Å². The second-order valence-corrected chi connectivity index (χ2v) is 4.43. The van der Waals surface area contributed by atoms with Crippen LogP contribution >= 0.6 is 0 Å². The van der Waals surface area contributed by atoms with E-state index in [0.717, 1.165) is 16.9 Å². The highest BCUT2D eigenvalue weighted by molar-refractivity contribution is 5.72. The molecule has 0 spiro atoms. The lowest BCUT2D eigenvalue weighted by Crippen LogP contribution is -2.32. The van der Waals surface area contributed by atoms with Crippen LogP contribution in [0, 0.1) is 6.92 Å². The van der Waals surface area contributed by atoms with Crippen LogP contribution in [-0.2, 0) is 4.79 Å². The van der Waals surface area contributed by atoms with Crippen LogP contribution in [0.15, 0.2) is 18.2 Å². The molecule has 0 aliphatic heterocycles. The molecule has 19 heavy (non-hydrogen) atoms. The fraction of sp³-hybridized carbons (Fsp3) is 0.500. The van der Waals surface area contributed by atoms with Gasteiger partial charge >= 0.3 is 0 Å². The number of aryl methyl sites for hydroxylation is 1. The van der Waals surface area contributed by atoms with Crippen molar-refractivity contribution in [3.8, 4) is 5.75 Å². The van der Waals surface area contributed by atoms with Crippen LogP contribution in [0.25, 0.3) is 0 Å². The molecule has 0 aromatic heterocycles. The Morgan fingerprint density at radius 3 is 2.74 bits per heavy atom. The lowest BCUT2D eigenvalue weighted by atomic mass is 10.1. The van der Waals surface area contributed by atoms with Gasteiger partial charge in [0.2, 0.25) is 5.91 Å². The molecule has 0 saturated heterocycles. The number of hydrogen-bond acceptors (Lipinski definition) is 4. The van der Waals surface area contributed by atoms with Crippen molar-refractivity contribution >= 4 is 5.91 Å². The number of aliphatic hydroxyl groups excluding tert-OH is 1. The van der Waals surface area contributed by atoms with E-state index in [0.29, 0.717) is 19.6 Å². The molecule has 3 N–H and O–H groups in total. The number of methoxy groups -OCH3 is 1. The summed E-state index contributed by atoms with van der Waals surface area (Å²) in [7, 11) is 1.63. The van der Waals surface area contributed by atoms with Crippen LogP contribution in [0.5, 0.6) is 5.75 Å². The Hall–Kier alpha value is -1.59. The number of aliphatic hydroxyl groups is 1. The average Bonchev–Trinajstić information content (AvgIpc) is 2.37. The second kappa shape index (κ2) is 7.76. The minimum atomic E-state index is -0.568. The van der Waals surface area contributed by atoms with Crippen LogP contribution in [0.2, 0.25) is 0 Å². The molecule has 0 aliphatic rings. The summed E-state index contributed by atoms with van der Waals surface area (Å²) in [6.45, 7) is 5.06. The van der Waals surface area contributed by atoms with Gasteiger partial charge in [0.1, 0.15) is 5.75 Å². The number of ether oxygens (including phenoxy) is 1. The van der Waals surface area contributed by atoms with Crippen molar-refractivity contribution in [2.24, 2.45) is 0 Å². The van der Waals surface area contributed by atoms with Crippen molar-refractivity contribution in [3.05, 3.63) is 29.3 Å². The zero-order valence-electron chi connectivity index (χ0n) is 11.7. The van der Waals surface area contributed by atoms with Gasteiger partial charge in [-0.25, -0.2) is 0 Å².